The Morgan fingerprint density at radius 1 is 1.89 bits per heavy atom. The van der Waals surface area contributed by atoms with Crippen LogP contribution in [0.15, 0.2) is 0 Å². The van der Waals surface area contributed by atoms with Gasteiger partial charge in [-0.1, -0.05) is 6.92 Å². The first kappa shape index (κ1) is 6.55. The SMILES string of the molecule is CC[C@@H]1OC(=O)C[C@H]1O. The minimum absolute atomic E-state index is 0.165. The van der Waals surface area contributed by atoms with Crippen molar-refractivity contribution < 1.29 is 14.6 Å². The molecule has 0 aromatic rings. The average Bonchev–Trinajstić information content (AvgIpc) is 2.10. The van der Waals surface area contributed by atoms with E-state index in [0.717, 1.165) is 0 Å². The summed E-state index contributed by atoms with van der Waals surface area (Å²) in [6.45, 7) is 1.88. The van der Waals surface area contributed by atoms with Gasteiger partial charge in [-0.05, 0) is 6.42 Å². The number of hydrogen-bond acceptors (Lipinski definition) is 3. The van der Waals surface area contributed by atoms with Gasteiger partial charge in [0, 0.05) is 0 Å². The Morgan fingerprint density at radius 3 is 2.78 bits per heavy atom. The minimum Gasteiger partial charge on any atom is -0.460 e. The van der Waals surface area contributed by atoms with E-state index in [1.807, 2.05) is 6.92 Å². The van der Waals surface area contributed by atoms with Crippen LogP contribution < -0.4 is 0 Å². The van der Waals surface area contributed by atoms with Crippen molar-refractivity contribution in [1.82, 2.24) is 0 Å². The third kappa shape index (κ3) is 1.21. The van der Waals surface area contributed by atoms with Crippen molar-refractivity contribution in [2.45, 2.75) is 32.0 Å². The van der Waals surface area contributed by atoms with Crippen LogP contribution in [0.4, 0.5) is 0 Å². The Labute approximate surface area is 53.6 Å². The van der Waals surface area contributed by atoms with Gasteiger partial charge in [0.1, 0.15) is 12.2 Å². The van der Waals surface area contributed by atoms with Crippen LogP contribution in [-0.4, -0.2) is 23.3 Å². The molecule has 1 rings (SSSR count). The first-order valence-corrected chi connectivity index (χ1v) is 3.11. The number of cyclic esters (lactones) is 1. The Bertz CT molecular complexity index is 121. The maximum atomic E-state index is 10.4. The van der Waals surface area contributed by atoms with Gasteiger partial charge in [-0.25, -0.2) is 0 Å². The van der Waals surface area contributed by atoms with Crippen molar-refractivity contribution in [3.8, 4) is 0 Å². The molecule has 1 fully saturated rings. The smallest absolute Gasteiger partial charge is 0.308 e. The zero-order valence-corrected chi connectivity index (χ0v) is 5.33. The summed E-state index contributed by atoms with van der Waals surface area (Å²) in [7, 11) is 0. The maximum Gasteiger partial charge on any atom is 0.308 e. The summed E-state index contributed by atoms with van der Waals surface area (Å²) in [6.07, 6.45) is 0.0470. The van der Waals surface area contributed by atoms with Gasteiger partial charge < -0.3 is 9.84 Å². The van der Waals surface area contributed by atoms with Gasteiger partial charge in [-0.15, -0.1) is 0 Å². The molecule has 9 heavy (non-hydrogen) atoms. The molecule has 3 nitrogen and oxygen atoms in total. The number of aliphatic hydroxyl groups is 1. The number of ether oxygens (including phenoxy) is 1. The maximum absolute atomic E-state index is 10.4. The van der Waals surface area contributed by atoms with Crippen molar-refractivity contribution >= 4 is 5.97 Å². The third-order valence-corrected chi connectivity index (χ3v) is 1.49. The fourth-order valence-corrected chi connectivity index (χ4v) is 0.953. The number of esters is 1. The van der Waals surface area contributed by atoms with Crippen molar-refractivity contribution in [1.29, 1.82) is 0 Å². The molecule has 2 atom stereocenters. The Morgan fingerprint density at radius 2 is 2.56 bits per heavy atom. The number of hydrogen-bond donors (Lipinski definition) is 1. The van der Waals surface area contributed by atoms with E-state index in [1.165, 1.54) is 0 Å². The van der Waals surface area contributed by atoms with Crippen LogP contribution in [0.25, 0.3) is 0 Å². The summed E-state index contributed by atoms with van der Waals surface area (Å²) in [4.78, 5) is 10.4. The van der Waals surface area contributed by atoms with E-state index in [4.69, 9.17) is 9.84 Å². The van der Waals surface area contributed by atoms with Crippen molar-refractivity contribution in [3.63, 3.8) is 0 Å². The summed E-state index contributed by atoms with van der Waals surface area (Å²) in [5.41, 5.74) is 0. The largest absolute Gasteiger partial charge is 0.460 e. The van der Waals surface area contributed by atoms with E-state index in [-0.39, 0.29) is 18.5 Å². The highest BCUT2D eigenvalue weighted by Gasteiger charge is 2.31. The molecule has 0 amide bonds. The molecule has 1 N–H and O–H groups in total. The molecule has 1 aliphatic heterocycles. The van der Waals surface area contributed by atoms with Gasteiger partial charge in [-0.2, -0.15) is 0 Å². The van der Waals surface area contributed by atoms with Crippen LogP contribution >= 0.6 is 0 Å². The molecule has 0 aromatic heterocycles. The Kier molecular flexibility index (Phi) is 1.71. The van der Waals surface area contributed by atoms with Crippen LogP contribution in [0.3, 0.4) is 0 Å². The molecule has 0 unspecified atom stereocenters. The second-order valence-corrected chi connectivity index (χ2v) is 2.21. The molecule has 3 heteroatoms. The molecular weight excluding hydrogens is 120 g/mol. The molecule has 0 radical (unpaired) electrons. The number of carbonyl (C=O) groups excluding carboxylic acids is 1. The molecule has 0 spiro atoms. The molecular formula is C6H10O3. The van der Waals surface area contributed by atoms with Crippen LogP contribution in [0, 0.1) is 0 Å². The second kappa shape index (κ2) is 2.35. The van der Waals surface area contributed by atoms with Crippen molar-refractivity contribution in [2.24, 2.45) is 0 Å². The van der Waals surface area contributed by atoms with Crippen LogP contribution in [0.5, 0.6) is 0 Å². The standard InChI is InChI=1S/C6H10O3/c1-2-5-4(7)3-6(8)9-5/h4-5,7H,2-3H2,1H3/t4-,5+/m1/s1. The van der Waals surface area contributed by atoms with Gasteiger partial charge in [-0.3, -0.25) is 4.79 Å². The van der Waals surface area contributed by atoms with Crippen LogP contribution in [0.2, 0.25) is 0 Å². The zero-order chi connectivity index (χ0) is 6.85. The van der Waals surface area contributed by atoms with E-state index in [2.05, 4.69) is 0 Å². The lowest BCUT2D eigenvalue weighted by molar-refractivity contribution is -0.141. The highest BCUT2D eigenvalue weighted by molar-refractivity contribution is 5.72. The average molecular weight is 130 g/mol. The molecule has 0 aromatic carbocycles. The van der Waals surface area contributed by atoms with Gasteiger partial charge in [0.15, 0.2) is 0 Å². The van der Waals surface area contributed by atoms with Crippen LogP contribution in [0.1, 0.15) is 19.8 Å². The van der Waals surface area contributed by atoms with Gasteiger partial charge in [0.2, 0.25) is 0 Å². The Hall–Kier alpha value is -0.570. The molecule has 0 bridgehead atoms. The zero-order valence-electron chi connectivity index (χ0n) is 5.33. The second-order valence-electron chi connectivity index (χ2n) is 2.21. The van der Waals surface area contributed by atoms with E-state index >= 15 is 0 Å². The van der Waals surface area contributed by atoms with Crippen molar-refractivity contribution in [3.05, 3.63) is 0 Å². The van der Waals surface area contributed by atoms with Crippen LogP contribution in [-0.2, 0) is 9.53 Å². The summed E-state index contributed by atoms with van der Waals surface area (Å²) in [6, 6.07) is 0. The van der Waals surface area contributed by atoms with Crippen molar-refractivity contribution in [2.75, 3.05) is 0 Å². The van der Waals surface area contributed by atoms with E-state index in [0.29, 0.717) is 6.42 Å². The first-order chi connectivity index (χ1) is 4.24. The van der Waals surface area contributed by atoms with E-state index < -0.39 is 6.10 Å². The molecule has 1 heterocycles. The molecule has 0 aliphatic carbocycles. The summed E-state index contributed by atoms with van der Waals surface area (Å²) < 4.78 is 4.73. The summed E-state index contributed by atoms with van der Waals surface area (Å²) in [5.74, 6) is -0.283. The highest BCUT2D eigenvalue weighted by atomic mass is 16.6. The fraction of sp³-hybridized carbons (Fsp3) is 0.833. The predicted molar refractivity (Wildman–Crippen MR) is 30.8 cm³/mol. The number of aliphatic hydroxyl groups excluding tert-OH is 1. The lowest BCUT2D eigenvalue weighted by Crippen LogP contribution is -2.18. The molecule has 0 saturated carbocycles. The monoisotopic (exact) mass is 130 g/mol. The minimum atomic E-state index is -0.567. The highest BCUT2D eigenvalue weighted by Crippen LogP contribution is 2.16. The van der Waals surface area contributed by atoms with Gasteiger partial charge in [0.05, 0.1) is 6.42 Å². The molecule has 1 saturated heterocycles. The van der Waals surface area contributed by atoms with Gasteiger partial charge >= 0.3 is 5.97 Å². The topological polar surface area (TPSA) is 46.5 Å². The predicted octanol–water partition coefficient (Wildman–Crippen LogP) is 0.0728. The van der Waals surface area contributed by atoms with E-state index in [1.54, 1.807) is 0 Å². The lowest BCUT2D eigenvalue weighted by Gasteiger charge is -2.07. The molecule has 1 aliphatic rings. The number of carbonyl (C=O) groups is 1. The van der Waals surface area contributed by atoms with Gasteiger partial charge in [0.25, 0.3) is 0 Å². The normalized spacial score (nSPS) is 34.7. The Balaban J connectivity index is 2.47. The summed E-state index contributed by atoms with van der Waals surface area (Å²) in [5, 5.41) is 9.01. The lowest BCUT2D eigenvalue weighted by atomic mass is 10.1. The van der Waals surface area contributed by atoms with E-state index in [9.17, 15) is 4.79 Å². The molecule has 52 valence electrons. The third-order valence-electron chi connectivity index (χ3n) is 1.49. The summed E-state index contributed by atoms with van der Waals surface area (Å²) >= 11 is 0. The first-order valence-electron chi connectivity index (χ1n) is 3.11. The number of rotatable bonds is 1. The fourth-order valence-electron chi connectivity index (χ4n) is 0.953. The quantitative estimate of drug-likeness (QED) is 0.511.